The van der Waals surface area contributed by atoms with Crippen molar-refractivity contribution in [3.8, 4) is 5.75 Å². The number of nitrogens with zero attached hydrogens (tertiary/aromatic N) is 2. The molecular formula is C19H25N3O4S. The van der Waals surface area contributed by atoms with Gasteiger partial charge in [-0.15, -0.1) is 0 Å². The van der Waals surface area contributed by atoms with Gasteiger partial charge >= 0.3 is 0 Å². The summed E-state index contributed by atoms with van der Waals surface area (Å²) >= 11 is 0. The standard InChI is InChI=1S/C19H25N3O4S/c1-15-7-3-4-8-18(15)26-12-9-20-19(23)17-13-16(14-21(17)2)27(24,25)22-10-5-6-11-22/h3-4,7-8,13-14H,5-6,9-12H2,1-2H3,(H,20,23). The van der Waals surface area contributed by atoms with Crippen molar-refractivity contribution in [2.24, 2.45) is 7.05 Å². The minimum absolute atomic E-state index is 0.160. The third-order valence-corrected chi connectivity index (χ3v) is 6.52. The molecule has 7 nitrogen and oxygen atoms in total. The molecule has 3 rings (SSSR count). The molecule has 1 aliphatic rings. The summed E-state index contributed by atoms with van der Waals surface area (Å²) in [5, 5.41) is 2.77. The van der Waals surface area contributed by atoms with E-state index in [-0.39, 0.29) is 10.8 Å². The predicted octanol–water partition coefficient (Wildman–Crippen LogP) is 1.93. The average Bonchev–Trinajstić information content (AvgIpc) is 3.30. The first-order chi connectivity index (χ1) is 12.9. The summed E-state index contributed by atoms with van der Waals surface area (Å²) in [7, 11) is -1.86. The maximum atomic E-state index is 12.6. The van der Waals surface area contributed by atoms with Gasteiger partial charge in [-0.1, -0.05) is 18.2 Å². The van der Waals surface area contributed by atoms with E-state index in [9.17, 15) is 13.2 Å². The summed E-state index contributed by atoms with van der Waals surface area (Å²) in [5.41, 5.74) is 1.34. The SMILES string of the molecule is Cc1ccccc1OCCNC(=O)c1cc(S(=O)(=O)N2CCCC2)cn1C. The van der Waals surface area contributed by atoms with E-state index in [0.29, 0.717) is 31.9 Å². The largest absolute Gasteiger partial charge is 0.491 e. The highest BCUT2D eigenvalue weighted by atomic mass is 32.2. The van der Waals surface area contributed by atoms with Crippen molar-refractivity contribution < 1.29 is 17.9 Å². The van der Waals surface area contributed by atoms with Crippen LogP contribution in [0, 0.1) is 6.92 Å². The molecule has 27 heavy (non-hydrogen) atoms. The van der Waals surface area contributed by atoms with Crippen molar-refractivity contribution >= 4 is 15.9 Å². The molecule has 1 amide bonds. The second-order valence-corrected chi connectivity index (χ2v) is 8.59. The lowest BCUT2D eigenvalue weighted by atomic mass is 10.2. The summed E-state index contributed by atoms with van der Waals surface area (Å²) in [6.07, 6.45) is 3.24. The molecule has 1 fully saturated rings. The van der Waals surface area contributed by atoms with Crippen LogP contribution in [0.25, 0.3) is 0 Å². The number of nitrogens with one attached hydrogen (secondary N) is 1. The molecule has 0 saturated carbocycles. The van der Waals surface area contributed by atoms with E-state index in [4.69, 9.17) is 4.74 Å². The van der Waals surface area contributed by atoms with Crippen molar-refractivity contribution in [3.05, 3.63) is 47.8 Å². The molecule has 1 aromatic carbocycles. The smallest absolute Gasteiger partial charge is 0.268 e. The van der Waals surface area contributed by atoms with Gasteiger partial charge in [0, 0.05) is 26.3 Å². The Morgan fingerprint density at radius 3 is 2.63 bits per heavy atom. The summed E-state index contributed by atoms with van der Waals surface area (Å²) in [5.74, 6) is 0.457. The van der Waals surface area contributed by atoms with E-state index in [0.717, 1.165) is 24.2 Å². The lowest BCUT2D eigenvalue weighted by molar-refractivity contribution is 0.0939. The van der Waals surface area contributed by atoms with Gasteiger partial charge in [-0.05, 0) is 37.5 Å². The highest BCUT2D eigenvalue weighted by molar-refractivity contribution is 7.89. The van der Waals surface area contributed by atoms with Crippen LogP contribution in [0.1, 0.15) is 28.9 Å². The Bertz CT molecular complexity index is 915. The number of carbonyl (C=O) groups excluding carboxylic acids is 1. The van der Waals surface area contributed by atoms with E-state index in [1.165, 1.54) is 16.6 Å². The van der Waals surface area contributed by atoms with E-state index in [2.05, 4.69) is 5.32 Å². The number of aromatic nitrogens is 1. The van der Waals surface area contributed by atoms with Crippen molar-refractivity contribution in [1.29, 1.82) is 0 Å². The monoisotopic (exact) mass is 391 g/mol. The summed E-state index contributed by atoms with van der Waals surface area (Å²) in [6, 6.07) is 9.11. The van der Waals surface area contributed by atoms with Crippen molar-refractivity contribution in [3.63, 3.8) is 0 Å². The number of rotatable bonds is 7. The number of ether oxygens (including phenoxy) is 1. The van der Waals surface area contributed by atoms with Crippen LogP contribution in [0.5, 0.6) is 5.75 Å². The van der Waals surface area contributed by atoms with Crippen LogP contribution >= 0.6 is 0 Å². The number of aryl methyl sites for hydroxylation is 2. The normalized spacial score (nSPS) is 15.0. The van der Waals surface area contributed by atoms with Crippen LogP contribution in [0.4, 0.5) is 0 Å². The Labute approximate surface area is 160 Å². The Kier molecular flexibility index (Phi) is 5.86. The molecule has 1 aromatic heterocycles. The summed E-state index contributed by atoms with van der Waals surface area (Å²) < 4.78 is 33.9. The van der Waals surface area contributed by atoms with Gasteiger partial charge in [0.2, 0.25) is 10.0 Å². The minimum Gasteiger partial charge on any atom is -0.491 e. The van der Waals surface area contributed by atoms with E-state index < -0.39 is 10.0 Å². The molecule has 0 unspecified atom stereocenters. The fourth-order valence-electron chi connectivity index (χ4n) is 3.11. The Morgan fingerprint density at radius 1 is 1.22 bits per heavy atom. The minimum atomic E-state index is -3.53. The molecule has 2 aromatic rings. The molecule has 0 bridgehead atoms. The van der Waals surface area contributed by atoms with Gasteiger partial charge in [-0.3, -0.25) is 4.79 Å². The summed E-state index contributed by atoms with van der Waals surface area (Å²) in [4.78, 5) is 12.6. The number of hydrogen-bond donors (Lipinski definition) is 1. The second kappa shape index (κ2) is 8.14. The first-order valence-electron chi connectivity index (χ1n) is 9.03. The zero-order valence-electron chi connectivity index (χ0n) is 15.6. The first-order valence-corrected chi connectivity index (χ1v) is 10.5. The Hall–Kier alpha value is -2.32. The van der Waals surface area contributed by atoms with Crippen LogP contribution in [0.3, 0.4) is 0 Å². The van der Waals surface area contributed by atoms with Gasteiger partial charge in [0.05, 0.1) is 6.54 Å². The van der Waals surface area contributed by atoms with Gasteiger partial charge in [0.1, 0.15) is 22.9 Å². The number of carbonyl (C=O) groups is 1. The molecule has 146 valence electrons. The fraction of sp³-hybridized carbons (Fsp3) is 0.421. The van der Waals surface area contributed by atoms with Gasteiger partial charge in [-0.25, -0.2) is 8.42 Å². The predicted molar refractivity (Wildman–Crippen MR) is 102 cm³/mol. The highest BCUT2D eigenvalue weighted by Crippen LogP contribution is 2.22. The van der Waals surface area contributed by atoms with Crippen molar-refractivity contribution in [1.82, 2.24) is 14.2 Å². The average molecular weight is 391 g/mol. The van der Waals surface area contributed by atoms with Crippen LogP contribution in [0.2, 0.25) is 0 Å². The molecular weight excluding hydrogens is 366 g/mol. The van der Waals surface area contributed by atoms with Crippen molar-refractivity contribution in [2.75, 3.05) is 26.2 Å². The topological polar surface area (TPSA) is 80.6 Å². The highest BCUT2D eigenvalue weighted by Gasteiger charge is 2.29. The summed E-state index contributed by atoms with van der Waals surface area (Å²) in [6.45, 7) is 3.69. The molecule has 0 spiro atoms. The number of amides is 1. The van der Waals surface area contributed by atoms with Crippen LogP contribution < -0.4 is 10.1 Å². The number of para-hydroxylation sites is 1. The number of benzene rings is 1. The molecule has 1 N–H and O–H groups in total. The Morgan fingerprint density at radius 2 is 1.93 bits per heavy atom. The lowest BCUT2D eigenvalue weighted by Crippen LogP contribution is -2.29. The van der Waals surface area contributed by atoms with Crippen LogP contribution in [0.15, 0.2) is 41.4 Å². The van der Waals surface area contributed by atoms with Crippen molar-refractivity contribution in [2.45, 2.75) is 24.7 Å². The van der Waals surface area contributed by atoms with Crippen LogP contribution in [-0.4, -0.2) is 49.4 Å². The van der Waals surface area contributed by atoms with Gasteiger partial charge in [0.25, 0.3) is 5.91 Å². The van der Waals surface area contributed by atoms with Gasteiger partial charge < -0.3 is 14.6 Å². The zero-order valence-corrected chi connectivity index (χ0v) is 16.5. The molecule has 0 radical (unpaired) electrons. The third-order valence-electron chi connectivity index (χ3n) is 4.65. The zero-order chi connectivity index (χ0) is 19.4. The van der Waals surface area contributed by atoms with Gasteiger partial charge in [-0.2, -0.15) is 4.31 Å². The third kappa shape index (κ3) is 4.33. The number of hydrogen-bond acceptors (Lipinski definition) is 4. The van der Waals surface area contributed by atoms with E-state index >= 15 is 0 Å². The quantitative estimate of drug-likeness (QED) is 0.732. The molecule has 8 heteroatoms. The molecule has 1 aliphatic heterocycles. The Balaban J connectivity index is 1.59. The fourth-order valence-corrected chi connectivity index (χ4v) is 4.70. The first kappa shape index (κ1) is 19.4. The molecule has 2 heterocycles. The lowest BCUT2D eigenvalue weighted by Gasteiger charge is -2.13. The maximum absolute atomic E-state index is 12.6. The van der Waals surface area contributed by atoms with Gasteiger partial charge in [0.15, 0.2) is 0 Å². The number of sulfonamides is 1. The van der Waals surface area contributed by atoms with E-state index in [1.807, 2.05) is 31.2 Å². The van der Waals surface area contributed by atoms with Crippen LogP contribution in [-0.2, 0) is 17.1 Å². The molecule has 0 aliphatic carbocycles. The molecule has 1 saturated heterocycles. The maximum Gasteiger partial charge on any atom is 0.268 e. The van der Waals surface area contributed by atoms with E-state index in [1.54, 1.807) is 11.6 Å². The second-order valence-electron chi connectivity index (χ2n) is 6.65. The molecule has 0 atom stereocenters.